The van der Waals surface area contributed by atoms with E-state index in [2.05, 4.69) is 11.5 Å². The van der Waals surface area contributed by atoms with Gasteiger partial charge >= 0.3 is 0 Å². The van der Waals surface area contributed by atoms with Gasteiger partial charge in [-0.2, -0.15) is 0 Å². The van der Waals surface area contributed by atoms with E-state index in [4.69, 9.17) is 0 Å². The average Bonchev–Trinajstić information content (AvgIpc) is 2.92. The zero-order chi connectivity index (χ0) is 14.7. The van der Waals surface area contributed by atoms with E-state index in [-0.39, 0.29) is 5.56 Å². The molecule has 4 heteroatoms. The molecular formula is C17H23N3O. The smallest absolute Gasteiger partial charge is 0.275 e. The van der Waals surface area contributed by atoms with Gasteiger partial charge in [-0.1, -0.05) is 12.5 Å². The second-order valence-electron chi connectivity index (χ2n) is 5.78. The molecule has 0 aromatic carbocycles. The number of hydrogen-bond acceptors (Lipinski definition) is 2. The number of piperidine rings is 1. The van der Waals surface area contributed by atoms with Gasteiger partial charge in [-0.15, -0.1) is 6.58 Å². The number of hydrogen-bond donors (Lipinski definition) is 0. The molecule has 0 radical (unpaired) electrons. The molecule has 2 aromatic rings. The van der Waals surface area contributed by atoms with Crippen molar-refractivity contribution in [2.24, 2.45) is 0 Å². The lowest BCUT2D eigenvalue weighted by Crippen LogP contribution is -2.34. The second-order valence-corrected chi connectivity index (χ2v) is 5.78. The van der Waals surface area contributed by atoms with Crippen molar-refractivity contribution in [2.75, 3.05) is 19.6 Å². The molecule has 0 saturated carbocycles. The molecule has 0 N–H and O–H groups in total. The van der Waals surface area contributed by atoms with Crippen molar-refractivity contribution in [3.05, 3.63) is 47.5 Å². The third-order valence-corrected chi connectivity index (χ3v) is 4.32. The van der Waals surface area contributed by atoms with E-state index in [1.165, 1.54) is 32.4 Å². The fraction of sp³-hybridized carbons (Fsp3) is 0.471. The molecule has 1 aliphatic heterocycles. The predicted octanol–water partition coefficient (Wildman–Crippen LogP) is 2.47. The quantitative estimate of drug-likeness (QED) is 0.790. The number of allylic oxidation sites excluding steroid dienone is 1. The maximum Gasteiger partial charge on any atom is 0.275 e. The highest BCUT2D eigenvalue weighted by Gasteiger charge is 2.11. The summed E-state index contributed by atoms with van der Waals surface area (Å²) < 4.78 is 3.82. The first kappa shape index (κ1) is 14.1. The summed E-state index contributed by atoms with van der Waals surface area (Å²) in [7, 11) is 0. The Bertz CT molecular complexity index is 677. The Balaban J connectivity index is 1.81. The van der Waals surface area contributed by atoms with Crippen LogP contribution < -0.4 is 5.56 Å². The molecular weight excluding hydrogens is 262 g/mol. The lowest BCUT2D eigenvalue weighted by molar-refractivity contribution is 0.220. The van der Waals surface area contributed by atoms with Gasteiger partial charge in [0, 0.05) is 37.4 Å². The Morgan fingerprint density at radius 3 is 2.48 bits per heavy atom. The third-order valence-electron chi connectivity index (χ3n) is 4.32. The number of pyridine rings is 1. The van der Waals surface area contributed by atoms with E-state index in [1.807, 2.05) is 39.7 Å². The summed E-state index contributed by atoms with van der Waals surface area (Å²) in [6, 6.07) is 4.03. The topological polar surface area (TPSA) is 30.2 Å². The minimum atomic E-state index is 0.108. The van der Waals surface area contributed by atoms with Crippen molar-refractivity contribution in [1.29, 1.82) is 0 Å². The summed E-state index contributed by atoms with van der Waals surface area (Å²) in [5.74, 6) is 0. The van der Waals surface area contributed by atoms with Crippen LogP contribution in [0.1, 0.15) is 19.3 Å². The summed E-state index contributed by atoms with van der Waals surface area (Å²) in [6.45, 7) is 8.51. The normalized spacial score (nSPS) is 16.4. The molecule has 1 fully saturated rings. The monoisotopic (exact) mass is 285 g/mol. The largest absolute Gasteiger partial charge is 0.339 e. The van der Waals surface area contributed by atoms with Gasteiger partial charge in [-0.3, -0.25) is 4.79 Å². The molecule has 0 aliphatic carbocycles. The molecule has 1 aliphatic rings. The molecule has 2 aromatic heterocycles. The summed E-state index contributed by atoms with van der Waals surface area (Å²) in [6.07, 6.45) is 9.63. The van der Waals surface area contributed by atoms with Crippen LogP contribution >= 0.6 is 0 Å². The van der Waals surface area contributed by atoms with Gasteiger partial charge in [-0.25, -0.2) is 0 Å². The fourth-order valence-electron chi connectivity index (χ4n) is 3.14. The SMILES string of the molecule is C=CCn1ccc2ccn(CCN3CCCCC3)c(=O)c21. The standard InChI is InChI=1S/C17H23N3O/c1-2-8-19-11-6-15-7-12-20(17(21)16(15)19)14-13-18-9-4-3-5-10-18/h2,6-7,11-12H,1,3-5,8-10,13-14H2. The van der Waals surface area contributed by atoms with Crippen molar-refractivity contribution < 1.29 is 0 Å². The highest BCUT2D eigenvalue weighted by Crippen LogP contribution is 2.12. The highest BCUT2D eigenvalue weighted by molar-refractivity contribution is 5.78. The van der Waals surface area contributed by atoms with Gasteiger partial charge in [-0.05, 0) is 38.1 Å². The number of nitrogens with zero attached hydrogens (tertiary/aromatic N) is 3. The Labute approximate surface area is 125 Å². The third kappa shape index (κ3) is 2.95. The number of fused-ring (bicyclic) bond motifs is 1. The van der Waals surface area contributed by atoms with E-state index in [0.717, 1.165) is 24.0 Å². The number of aromatic nitrogens is 2. The Morgan fingerprint density at radius 1 is 1.05 bits per heavy atom. The first-order chi connectivity index (χ1) is 10.3. The molecule has 0 spiro atoms. The van der Waals surface area contributed by atoms with Gasteiger partial charge in [0.25, 0.3) is 5.56 Å². The van der Waals surface area contributed by atoms with Crippen LogP contribution in [0.25, 0.3) is 10.9 Å². The van der Waals surface area contributed by atoms with Crippen LogP contribution in [0.15, 0.2) is 42.0 Å². The molecule has 4 nitrogen and oxygen atoms in total. The Hall–Kier alpha value is -1.81. The summed E-state index contributed by atoms with van der Waals surface area (Å²) in [5, 5.41) is 1.01. The minimum Gasteiger partial charge on any atom is -0.339 e. The predicted molar refractivity (Wildman–Crippen MR) is 86.7 cm³/mol. The average molecular weight is 285 g/mol. The maximum absolute atomic E-state index is 12.6. The van der Waals surface area contributed by atoms with Gasteiger partial charge in [0.2, 0.25) is 0 Å². The highest BCUT2D eigenvalue weighted by atomic mass is 16.1. The van der Waals surface area contributed by atoms with E-state index < -0.39 is 0 Å². The zero-order valence-electron chi connectivity index (χ0n) is 12.5. The summed E-state index contributed by atoms with van der Waals surface area (Å²) in [4.78, 5) is 15.1. The first-order valence-electron chi connectivity index (χ1n) is 7.81. The van der Waals surface area contributed by atoms with Crippen molar-refractivity contribution in [3.8, 4) is 0 Å². The van der Waals surface area contributed by atoms with Crippen molar-refractivity contribution in [2.45, 2.75) is 32.4 Å². The van der Waals surface area contributed by atoms with E-state index in [9.17, 15) is 4.79 Å². The maximum atomic E-state index is 12.6. The molecule has 3 heterocycles. The van der Waals surface area contributed by atoms with Crippen LogP contribution in [0.4, 0.5) is 0 Å². The lowest BCUT2D eigenvalue weighted by Gasteiger charge is -2.26. The molecule has 0 bridgehead atoms. The van der Waals surface area contributed by atoms with Crippen LogP contribution in [0.5, 0.6) is 0 Å². The molecule has 1 saturated heterocycles. The molecule has 0 amide bonds. The van der Waals surface area contributed by atoms with Gasteiger partial charge in [0.05, 0.1) is 0 Å². The molecule has 0 atom stereocenters. The second kappa shape index (κ2) is 6.31. The first-order valence-corrected chi connectivity index (χ1v) is 7.81. The van der Waals surface area contributed by atoms with Crippen LogP contribution in [0, 0.1) is 0 Å². The summed E-state index contributed by atoms with van der Waals surface area (Å²) in [5.41, 5.74) is 0.896. The lowest BCUT2D eigenvalue weighted by atomic mass is 10.1. The molecule has 21 heavy (non-hydrogen) atoms. The molecule has 3 rings (SSSR count). The fourth-order valence-corrected chi connectivity index (χ4v) is 3.14. The van der Waals surface area contributed by atoms with Crippen LogP contribution in [0.2, 0.25) is 0 Å². The van der Waals surface area contributed by atoms with Crippen molar-refractivity contribution in [1.82, 2.24) is 14.0 Å². The Kier molecular flexibility index (Phi) is 4.25. The molecule has 112 valence electrons. The number of rotatable bonds is 5. The van der Waals surface area contributed by atoms with E-state index in [0.29, 0.717) is 6.54 Å². The van der Waals surface area contributed by atoms with Gasteiger partial charge in [0.1, 0.15) is 5.52 Å². The van der Waals surface area contributed by atoms with Crippen LogP contribution in [-0.2, 0) is 13.1 Å². The van der Waals surface area contributed by atoms with E-state index >= 15 is 0 Å². The number of likely N-dealkylation sites (tertiary alicyclic amines) is 1. The Morgan fingerprint density at radius 2 is 1.76 bits per heavy atom. The van der Waals surface area contributed by atoms with Gasteiger partial charge < -0.3 is 14.0 Å². The molecule has 0 unspecified atom stereocenters. The van der Waals surface area contributed by atoms with Gasteiger partial charge in [0.15, 0.2) is 0 Å². The van der Waals surface area contributed by atoms with Crippen LogP contribution in [-0.4, -0.2) is 33.7 Å². The van der Waals surface area contributed by atoms with Crippen LogP contribution in [0.3, 0.4) is 0 Å². The summed E-state index contributed by atoms with van der Waals surface area (Å²) >= 11 is 0. The van der Waals surface area contributed by atoms with Crippen molar-refractivity contribution >= 4 is 10.9 Å². The van der Waals surface area contributed by atoms with E-state index in [1.54, 1.807) is 0 Å². The van der Waals surface area contributed by atoms with Crippen molar-refractivity contribution in [3.63, 3.8) is 0 Å². The zero-order valence-corrected chi connectivity index (χ0v) is 12.5. The minimum absolute atomic E-state index is 0.108.